The van der Waals surface area contributed by atoms with Crippen molar-refractivity contribution in [2.45, 2.75) is 0 Å². The summed E-state index contributed by atoms with van der Waals surface area (Å²) in [6.07, 6.45) is 2.50. The average molecular weight is 283 g/mol. The van der Waals surface area contributed by atoms with Crippen molar-refractivity contribution in [1.82, 2.24) is 9.78 Å². The van der Waals surface area contributed by atoms with Crippen LogP contribution in [0.15, 0.2) is 60.8 Å². The summed E-state index contributed by atoms with van der Waals surface area (Å²) in [6.45, 7) is 0. The Hall–Kier alpha value is -2.39. The highest BCUT2D eigenvalue weighted by atomic mass is 35.5. The molecule has 3 nitrogen and oxygen atoms in total. The third-order valence-corrected chi connectivity index (χ3v) is 3.34. The van der Waals surface area contributed by atoms with Crippen LogP contribution in [0.5, 0.6) is 0 Å². The number of carbonyl (C=O) groups excluding carboxylic acids is 1. The third-order valence-electron chi connectivity index (χ3n) is 3.02. The molecule has 1 aromatic heterocycles. The monoisotopic (exact) mass is 282 g/mol. The van der Waals surface area contributed by atoms with Gasteiger partial charge in [-0.25, -0.2) is 4.68 Å². The number of rotatable bonds is 3. The van der Waals surface area contributed by atoms with Crippen LogP contribution in [0.2, 0.25) is 5.02 Å². The SMILES string of the molecule is O=Cc1cn(-c2ccccc2Cl)nc1-c1ccccc1. The predicted molar refractivity (Wildman–Crippen MR) is 79.4 cm³/mol. The van der Waals surface area contributed by atoms with E-state index in [2.05, 4.69) is 5.10 Å². The lowest BCUT2D eigenvalue weighted by atomic mass is 10.1. The minimum Gasteiger partial charge on any atom is -0.298 e. The third kappa shape index (κ3) is 2.24. The Balaban J connectivity index is 2.15. The van der Waals surface area contributed by atoms with Crippen LogP contribution in [-0.2, 0) is 0 Å². The maximum absolute atomic E-state index is 11.2. The van der Waals surface area contributed by atoms with Crippen molar-refractivity contribution in [2.24, 2.45) is 0 Å². The molecule has 0 fully saturated rings. The minimum atomic E-state index is 0.538. The zero-order valence-corrected chi connectivity index (χ0v) is 11.3. The molecule has 0 unspecified atom stereocenters. The summed E-state index contributed by atoms with van der Waals surface area (Å²) >= 11 is 6.16. The van der Waals surface area contributed by atoms with Crippen LogP contribution in [0.1, 0.15) is 10.4 Å². The molecule has 0 radical (unpaired) electrons. The Morgan fingerprint density at radius 1 is 1.00 bits per heavy atom. The number of carbonyl (C=O) groups is 1. The number of aromatic nitrogens is 2. The molecule has 1 heterocycles. The molecule has 0 saturated carbocycles. The fourth-order valence-electron chi connectivity index (χ4n) is 2.05. The number of nitrogens with zero attached hydrogens (tertiary/aromatic N) is 2. The van der Waals surface area contributed by atoms with Crippen LogP contribution < -0.4 is 0 Å². The van der Waals surface area contributed by atoms with E-state index in [0.717, 1.165) is 17.5 Å². The van der Waals surface area contributed by atoms with E-state index in [1.165, 1.54) is 0 Å². The van der Waals surface area contributed by atoms with Gasteiger partial charge in [0.25, 0.3) is 0 Å². The zero-order valence-electron chi connectivity index (χ0n) is 10.5. The van der Waals surface area contributed by atoms with Gasteiger partial charge in [0.05, 0.1) is 16.3 Å². The highest BCUT2D eigenvalue weighted by Crippen LogP contribution is 2.25. The molecule has 0 saturated heterocycles. The Kier molecular flexibility index (Phi) is 3.35. The van der Waals surface area contributed by atoms with Crippen LogP contribution >= 0.6 is 11.6 Å². The second-order valence-electron chi connectivity index (χ2n) is 4.31. The van der Waals surface area contributed by atoms with Gasteiger partial charge in [0.2, 0.25) is 0 Å². The fraction of sp³-hybridized carbons (Fsp3) is 0. The van der Waals surface area contributed by atoms with E-state index < -0.39 is 0 Å². The van der Waals surface area contributed by atoms with Crippen molar-refractivity contribution in [1.29, 1.82) is 0 Å². The molecule has 3 aromatic rings. The number of halogens is 1. The summed E-state index contributed by atoms with van der Waals surface area (Å²) in [5, 5.41) is 5.07. The molecule has 0 N–H and O–H groups in total. The van der Waals surface area contributed by atoms with Gasteiger partial charge >= 0.3 is 0 Å². The summed E-state index contributed by atoms with van der Waals surface area (Å²) in [5.41, 5.74) is 2.84. The van der Waals surface area contributed by atoms with Crippen molar-refractivity contribution in [3.8, 4) is 16.9 Å². The lowest BCUT2D eigenvalue weighted by Crippen LogP contribution is -1.95. The van der Waals surface area contributed by atoms with Crippen LogP contribution in [0, 0.1) is 0 Å². The van der Waals surface area contributed by atoms with E-state index in [1.807, 2.05) is 48.5 Å². The quantitative estimate of drug-likeness (QED) is 0.681. The molecule has 0 aliphatic carbocycles. The van der Waals surface area contributed by atoms with Crippen molar-refractivity contribution in [3.05, 3.63) is 71.4 Å². The summed E-state index contributed by atoms with van der Waals surface area (Å²) in [5.74, 6) is 0. The van der Waals surface area contributed by atoms with E-state index in [0.29, 0.717) is 16.3 Å². The first kappa shape index (κ1) is 12.6. The highest BCUT2D eigenvalue weighted by molar-refractivity contribution is 6.32. The van der Waals surface area contributed by atoms with Gasteiger partial charge in [-0.15, -0.1) is 0 Å². The number of para-hydroxylation sites is 1. The lowest BCUT2D eigenvalue weighted by Gasteiger charge is -2.03. The van der Waals surface area contributed by atoms with Gasteiger partial charge in [-0.2, -0.15) is 5.10 Å². The number of hydrogen-bond acceptors (Lipinski definition) is 2. The topological polar surface area (TPSA) is 34.9 Å². The molecule has 0 bridgehead atoms. The Morgan fingerprint density at radius 2 is 1.70 bits per heavy atom. The van der Waals surface area contributed by atoms with Gasteiger partial charge in [0.1, 0.15) is 5.69 Å². The summed E-state index contributed by atoms with van der Waals surface area (Å²) in [4.78, 5) is 11.2. The average Bonchev–Trinajstić information content (AvgIpc) is 2.92. The number of benzene rings is 2. The Morgan fingerprint density at radius 3 is 2.40 bits per heavy atom. The van der Waals surface area contributed by atoms with E-state index in [4.69, 9.17) is 11.6 Å². The summed E-state index contributed by atoms with van der Waals surface area (Å²) in [7, 11) is 0. The van der Waals surface area contributed by atoms with Gasteiger partial charge in [-0.3, -0.25) is 4.79 Å². The molecule has 3 rings (SSSR count). The van der Waals surface area contributed by atoms with Crippen molar-refractivity contribution >= 4 is 17.9 Å². The molecule has 98 valence electrons. The molecule has 0 spiro atoms. The van der Waals surface area contributed by atoms with E-state index in [-0.39, 0.29) is 0 Å². The van der Waals surface area contributed by atoms with Crippen molar-refractivity contribution < 1.29 is 4.79 Å². The lowest BCUT2D eigenvalue weighted by molar-refractivity contribution is 0.112. The molecule has 2 aromatic carbocycles. The first-order valence-electron chi connectivity index (χ1n) is 6.15. The van der Waals surface area contributed by atoms with Crippen molar-refractivity contribution in [2.75, 3.05) is 0 Å². The molecule has 0 amide bonds. The van der Waals surface area contributed by atoms with Gasteiger partial charge < -0.3 is 0 Å². The van der Waals surface area contributed by atoms with E-state index >= 15 is 0 Å². The molecular formula is C16H11ClN2O. The van der Waals surface area contributed by atoms with Crippen LogP contribution in [0.25, 0.3) is 16.9 Å². The van der Waals surface area contributed by atoms with E-state index in [1.54, 1.807) is 16.9 Å². The first-order valence-corrected chi connectivity index (χ1v) is 6.52. The van der Waals surface area contributed by atoms with Crippen LogP contribution in [-0.4, -0.2) is 16.1 Å². The van der Waals surface area contributed by atoms with Crippen LogP contribution in [0.3, 0.4) is 0 Å². The highest BCUT2D eigenvalue weighted by Gasteiger charge is 2.12. The zero-order chi connectivity index (χ0) is 13.9. The molecule has 20 heavy (non-hydrogen) atoms. The molecular weight excluding hydrogens is 272 g/mol. The minimum absolute atomic E-state index is 0.538. The molecule has 0 aliphatic heterocycles. The maximum Gasteiger partial charge on any atom is 0.153 e. The van der Waals surface area contributed by atoms with Gasteiger partial charge in [0, 0.05) is 11.8 Å². The Bertz CT molecular complexity index is 750. The second kappa shape index (κ2) is 5.31. The van der Waals surface area contributed by atoms with Gasteiger partial charge in [0.15, 0.2) is 6.29 Å². The second-order valence-corrected chi connectivity index (χ2v) is 4.72. The normalized spacial score (nSPS) is 10.4. The first-order chi connectivity index (χ1) is 9.79. The van der Waals surface area contributed by atoms with Crippen molar-refractivity contribution in [3.63, 3.8) is 0 Å². The molecule has 4 heteroatoms. The molecule has 0 atom stereocenters. The predicted octanol–water partition coefficient (Wildman–Crippen LogP) is 4.01. The van der Waals surface area contributed by atoms with E-state index in [9.17, 15) is 4.79 Å². The van der Waals surface area contributed by atoms with Gasteiger partial charge in [-0.1, -0.05) is 54.1 Å². The molecule has 0 aliphatic rings. The fourth-order valence-corrected chi connectivity index (χ4v) is 2.28. The maximum atomic E-state index is 11.2. The Labute approximate surface area is 121 Å². The summed E-state index contributed by atoms with van der Waals surface area (Å²) < 4.78 is 1.63. The summed E-state index contributed by atoms with van der Waals surface area (Å²) in [6, 6.07) is 17.0. The number of aldehydes is 1. The van der Waals surface area contributed by atoms with Gasteiger partial charge in [-0.05, 0) is 12.1 Å². The standard InChI is InChI=1S/C16H11ClN2O/c17-14-8-4-5-9-15(14)19-10-13(11-20)16(18-19)12-6-2-1-3-7-12/h1-11H. The number of hydrogen-bond donors (Lipinski definition) is 0. The smallest absolute Gasteiger partial charge is 0.153 e. The largest absolute Gasteiger partial charge is 0.298 e. The van der Waals surface area contributed by atoms with Crippen LogP contribution in [0.4, 0.5) is 0 Å².